The van der Waals surface area contributed by atoms with E-state index in [0.29, 0.717) is 5.16 Å². The highest BCUT2D eigenvalue weighted by molar-refractivity contribution is 7.99. The fourth-order valence-corrected chi connectivity index (χ4v) is 3.08. The second-order valence-corrected chi connectivity index (χ2v) is 6.31. The van der Waals surface area contributed by atoms with Crippen molar-refractivity contribution in [3.63, 3.8) is 0 Å². The molecule has 0 aliphatic carbocycles. The first-order valence-corrected chi connectivity index (χ1v) is 8.55. The van der Waals surface area contributed by atoms with Crippen LogP contribution in [0, 0.1) is 6.92 Å². The molecule has 124 valence electrons. The Morgan fingerprint density at radius 2 is 2.17 bits per heavy atom. The highest BCUT2D eigenvalue weighted by Gasteiger charge is 2.14. The van der Waals surface area contributed by atoms with Crippen LogP contribution in [0.4, 0.5) is 0 Å². The molecule has 1 N–H and O–H groups in total. The van der Waals surface area contributed by atoms with Crippen molar-refractivity contribution in [2.75, 3.05) is 5.75 Å². The van der Waals surface area contributed by atoms with E-state index in [0.717, 1.165) is 17.0 Å². The van der Waals surface area contributed by atoms with Crippen LogP contribution in [0.5, 0.6) is 0 Å². The van der Waals surface area contributed by atoms with Gasteiger partial charge in [0.05, 0.1) is 23.7 Å². The van der Waals surface area contributed by atoms with Gasteiger partial charge in [0.2, 0.25) is 5.91 Å². The average molecular weight is 342 g/mol. The lowest BCUT2D eigenvalue weighted by Crippen LogP contribution is -2.28. The summed E-state index contributed by atoms with van der Waals surface area (Å²) in [5.74, 6) is 0.912. The summed E-state index contributed by atoms with van der Waals surface area (Å²) in [5, 5.41) is 11.7. The maximum absolute atomic E-state index is 12.1. The highest BCUT2D eigenvalue weighted by atomic mass is 32.2. The van der Waals surface area contributed by atoms with E-state index >= 15 is 0 Å². The summed E-state index contributed by atoms with van der Waals surface area (Å²) in [7, 11) is 0. The minimum absolute atomic E-state index is 0.0803. The lowest BCUT2D eigenvalue weighted by molar-refractivity contribution is -0.119. The van der Waals surface area contributed by atoms with Crippen LogP contribution in [0.2, 0.25) is 0 Å². The van der Waals surface area contributed by atoms with Gasteiger partial charge in [-0.3, -0.25) is 9.36 Å². The van der Waals surface area contributed by atoms with Crippen LogP contribution in [-0.2, 0) is 4.79 Å². The van der Waals surface area contributed by atoms with E-state index in [1.54, 1.807) is 18.7 Å². The van der Waals surface area contributed by atoms with Crippen molar-refractivity contribution in [3.05, 3.63) is 60.3 Å². The molecule has 0 bridgehead atoms. The SMILES string of the molecule is Cc1ccccc1-n1cnnc1SCC(=O)N[C@@H](C)c1ccco1. The molecular formula is C17H18N4O2S. The van der Waals surface area contributed by atoms with Gasteiger partial charge in [-0.25, -0.2) is 0 Å². The summed E-state index contributed by atoms with van der Waals surface area (Å²) in [4.78, 5) is 12.1. The van der Waals surface area contributed by atoms with Gasteiger partial charge in [0.25, 0.3) is 0 Å². The van der Waals surface area contributed by atoms with Gasteiger partial charge in [-0.05, 0) is 37.6 Å². The van der Waals surface area contributed by atoms with Crippen LogP contribution < -0.4 is 5.32 Å². The van der Waals surface area contributed by atoms with Crippen LogP contribution in [0.3, 0.4) is 0 Å². The van der Waals surface area contributed by atoms with E-state index in [2.05, 4.69) is 15.5 Å². The molecule has 0 aliphatic rings. The number of aryl methyl sites for hydroxylation is 1. The molecule has 3 aromatic rings. The fraction of sp³-hybridized carbons (Fsp3) is 0.235. The lowest BCUT2D eigenvalue weighted by atomic mass is 10.2. The quantitative estimate of drug-likeness (QED) is 0.697. The summed E-state index contributed by atoms with van der Waals surface area (Å²) in [6.45, 7) is 3.92. The molecule has 0 fully saturated rings. The number of rotatable bonds is 6. The number of aromatic nitrogens is 3. The van der Waals surface area contributed by atoms with Crippen LogP contribution in [0.25, 0.3) is 5.69 Å². The molecule has 7 heteroatoms. The van der Waals surface area contributed by atoms with Gasteiger partial charge in [0, 0.05) is 0 Å². The van der Waals surface area contributed by atoms with Crippen LogP contribution in [0.1, 0.15) is 24.3 Å². The number of amides is 1. The number of furan rings is 1. The van der Waals surface area contributed by atoms with E-state index in [-0.39, 0.29) is 17.7 Å². The molecule has 3 rings (SSSR count). The minimum Gasteiger partial charge on any atom is -0.467 e. The first kappa shape index (κ1) is 16.3. The Bertz CT molecular complexity index is 814. The molecule has 1 atom stereocenters. The molecule has 0 unspecified atom stereocenters. The van der Waals surface area contributed by atoms with Crippen molar-refractivity contribution in [2.24, 2.45) is 0 Å². The Labute approximate surface area is 144 Å². The topological polar surface area (TPSA) is 73.0 Å². The molecule has 1 aromatic carbocycles. The second-order valence-electron chi connectivity index (χ2n) is 5.36. The van der Waals surface area contributed by atoms with Gasteiger partial charge in [-0.15, -0.1) is 10.2 Å². The van der Waals surface area contributed by atoms with Gasteiger partial charge < -0.3 is 9.73 Å². The van der Waals surface area contributed by atoms with Crippen LogP contribution in [0.15, 0.2) is 58.6 Å². The Balaban J connectivity index is 1.63. The molecule has 0 saturated carbocycles. The standard InChI is InChI=1S/C17H18N4O2S/c1-12-6-3-4-7-14(12)21-11-18-20-17(21)24-10-16(22)19-13(2)15-8-5-9-23-15/h3-9,11,13H,10H2,1-2H3,(H,19,22)/t13-/m0/s1. The summed E-state index contributed by atoms with van der Waals surface area (Å²) in [6.07, 6.45) is 3.26. The van der Waals surface area contributed by atoms with Crippen molar-refractivity contribution in [1.29, 1.82) is 0 Å². The molecule has 1 amide bonds. The zero-order valence-corrected chi connectivity index (χ0v) is 14.3. The molecular weight excluding hydrogens is 324 g/mol. The predicted molar refractivity (Wildman–Crippen MR) is 92.1 cm³/mol. The fourth-order valence-electron chi connectivity index (χ4n) is 2.34. The number of para-hydroxylation sites is 1. The van der Waals surface area contributed by atoms with Crippen LogP contribution in [-0.4, -0.2) is 26.4 Å². The molecule has 0 spiro atoms. The van der Waals surface area contributed by atoms with Crippen molar-refractivity contribution in [2.45, 2.75) is 25.0 Å². The number of benzene rings is 1. The van der Waals surface area contributed by atoms with Gasteiger partial charge in [0.1, 0.15) is 12.1 Å². The van der Waals surface area contributed by atoms with E-state index in [9.17, 15) is 4.79 Å². The summed E-state index contributed by atoms with van der Waals surface area (Å²) >= 11 is 1.35. The Morgan fingerprint density at radius 3 is 2.92 bits per heavy atom. The Kier molecular flexibility index (Phi) is 5.00. The predicted octanol–water partition coefficient (Wildman–Crippen LogP) is 3.14. The maximum Gasteiger partial charge on any atom is 0.231 e. The minimum atomic E-state index is -0.165. The zero-order valence-electron chi connectivity index (χ0n) is 13.5. The molecule has 0 aliphatic heterocycles. The summed E-state index contributed by atoms with van der Waals surface area (Å²) in [5.41, 5.74) is 2.13. The molecule has 0 saturated heterocycles. The van der Waals surface area contributed by atoms with Crippen molar-refractivity contribution >= 4 is 17.7 Å². The van der Waals surface area contributed by atoms with Gasteiger partial charge in [-0.2, -0.15) is 0 Å². The third-order valence-corrected chi connectivity index (χ3v) is 4.51. The van der Waals surface area contributed by atoms with Crippen molar-refractivity contribution < 1.29 is 9.21 Å². The largest absolute Gasteiger partial charge is 0.467 e. The number of nitrogens with zero attached hydrogens (tertiary/aromatic N) is 3. The number of hydrogen-bond donors (Lipinski definition) is 1. The Morgan fingerprint density at radius 1 is 1.33 bits per heavy atom. The second kappa shape index (κ2) is 7.35. The van der Waals surface area contributed by atoms with E-state index in [1.807, 2.05) is 48.7 Å². The van der Waals surface area contributed by atoms with Gasteiger partial charge in [0.15, 0.2) is 5.16 Å². The summed E-state index contributed by atoms with van der Waals surface area (Å²) in [6, 6.07) is 11.5. The third-order valence-electron chi connectivity index (χ3n) is 3.57. The number of carbonyl (C=O) groups is 1. The van der Waals surface area contributed by atoms with Crippen LogP contribution >= 0.6 is 11.8 Å². The molecule has 0 radical (unpaired) electrons. The Hall–Kier alpha value is -2.54. The highest BCUT2D eigenvalue weighted by Crippen LogP contribution is 2.22. The van der Waals surface area contributed by atoms with Gasteiger partial charge in [-0.1, -0.05) is 30.0 Å². The maximum atomic E-state index is 12.1. The summed E-state index contributed by atoms with van der Waals surface area (Å²) < 4.78 is 7.18. The number of nitrogens with one attached hydrogen (secondary N) is 1. The van der Waals surface area contributed by atoms with E-state index in [1.165, 1.54) is 11.8 Å². The zero-order chi connectivity index (χ0) is 16.9. The van der Waals surface area contributed by atoms with E-state index in [4.69, 9.17) is 4.42 Å². The van der Waals surface area contributed by atoms with Gasteiger partial charge >= 0.3 is 0 Å². The normalized spacial score (nSPS) is 12.1. The lowest BCUT2D eigenvalue weighted by Gasteiger charge is -2.12. The molecule has 24 heavy (non-hydrogen) atoms. The third kappa shape index (κ3) is 3.68. The number of hydrogen-bond acceptors (Lipinski definition) is 5. The average Bonchev–Trinajstić information content (AvgIpc) is 3.25. The van der Waals surface area contributed by atoms with E-state index < -0.39 is 0 Å². The monoisotopic (exact) mass is 342 g/mol. The first-order valence-electron chi connectivity index (χ1n) is 7.56. The molecule has 2 aromatic heterocycles. The van der Waals surface area contributed by atoms with Crippen molar-refractivity contribution in [3.8, 4) is 5.69 Å². The van der Waals surface area contributed by atoms with Crippen molar-refractivity contribution in [1.82, 2.24) is 20.1 Å². The number of carbonyl (C=O) groups excluding carboxylic acids is 1. The molecule has 2 heterocycles. The number of thioether (sulfide) groups is 1. The first-order chi connectivity index (χ1) is 11.6. The smallest absolute Gasteiger partial charge is 0.231 e. The molecule has 6 nitrogen and oxygen atoms in total.